The van der Waals surface area contributed by atoms with Crippen molar-refractivity contribution in [3.8, 4) is 0 Å². The Hall–Kier alpha value is -2.84. The van der Waals surface area contributed by atoms with E-state index < -0.39 is 23.6 Å². The van der Waals surface area contributed by atoms with E-state index in [0.717, 1.165) is 34.3 Å². The van der Waals surface area contributed by atoms with Gasteiger partial charge in [-0.2, -0.15) is 0 Å². The molecule has 4 N–H and O–H groups in total. The van der Waals surface area contributed by atoms with E-state index in [-0.39, 0.29) is 6.42 Å². The average molecular weight is 388 g/mol. The number of nitrogens with one attached hydrogen (secondary N) is 1. The molecule has 0 radical (unpaired) electrons. The monoisotopic (exact) mass is 388 g/mol. The summed E-state index contributed by atoms with van der Waals surface area (Å²) in [6, 6.07) is 6.87. The molecular formula is C20H22F2N4O2. The molecule has 0 spiro atoms. The molecular weight excluding hydrogens is 366 g/mol. The molecule has 148 valence electrons. The minimum atomic E-state index is -0.905. The Morgan fingerprint density at radius 3 is 2.61 bits per heavy atom. The number of amides is 1. The molecule has 0 bridgehead atoms. The summed E-state index contributed by atoms with van der Waals surface area (Å²) in [5.74, 6) is -1.80. The predicted octanol–water partition coefficient (Wildman–Crippen LogP) is 2.74. The number of hydroxylamine groups is 1. The van der Waals surface area contributed by atoms with Gasteiger partial charge < -0.3 is 10.3 Å². The fourth-order valence-electron chi connectivity index (χ4n) is 3.12. The van der Waals surface area contributed by atoms with Crippen molar-refractivity contribution in [3.05, 3.63) is 64.5 Å². The van der Waals surface area contributed by atoms with Gasteiger partial charge >= 0.3 is 0 Å². The zero-order valence-corrected chi connectivity index (χ0v) is 15.7. The standard InChI is InChI=1S/C20H22F2N4O2/c1-11-7-17-18(8-12(11)2)26(10-13-3-4-14(21)15(22)9-13)19(24-17)6-5-16(23)20(27)25-28/h3-4,7-9,16,28H,5-6,10,23H2,1-2H3,(H,25,27)/t16-/m0/s1. The Balaban J connectivity index is 2.00. The number of benzene rings is 2. The number of carbonyl (C=O) groups is 1. The molecule has 1 aromatic heterocycles. The van der Waals surface area contributed by atoms with E-state index in [4.69, 9.17) is 10.9 Å². The number of nitrogens with zero attached hydrogens (tertiary/aromatic N) is 2. The van der Waals surface area contributed by atoms with Gasteiger partial charge in [0.05, 0.1) is 17.1 Å². The van der Waals surface area contributed by atoms with Crippen LogP contribution in [0.15, 0.2) is 30.3 Å². The van der Waals surface area contributed by atoms with Gasteiger partial charge in [-0.25, -0.2) is 19.2 Å². The van der Waals surface area contributed by atoms with Crippen LogP contribution in [0.4, 0.5) is 8.78 Å². The summed E-state index contributed by atoms with van der Waals surface area (Å²) in [4.78, 5) is 16.1. The molecule has 0 aliphatic carbocycles. The summed E-state index contributed by atoms with van der Waals surface area (Å²) in [5, 5.41) is 8.71. The van der Waals surface area contributed by atoms with E-state index in [9.17, 15) is 13.6 Å². The maximum Gasteiger partial charge on any atom is 0.260 e. The molecule has 0 aliphatic heterocycles. The summed E-state index contributed by atoms with van der Waals surface area (Å²) in [6.45, 7) is 4.28. The smallest absolute Gasteiger partial charge is 0.260 e. The van der Waals surface area contributed by atoms with Gasteiger partial charge in [-0.3, -0.25) is 10.0 Å². The van der Waals surface area contributed by atoms with Crippen LogP contribution in [0.25, 0.3) is 11.0 Å². The van der Waals surface area contributed by atoms with Gasteiger partial charge in [-0.1, -0.05) is 6.07 Å². The van der Waals surface area contributed by atoms with E-state index in [1.807, 2.05) is 30.5 Å². The number of carbonyl (C=O) groups excluding carboxylic acids is 1. The van der Waals surface area contributed by atoms with Crippen LogP contribution < -0.4 is 11.2 Å². The third-order valence-electron chi connectivity index (χ3n) is 4.89. The minimum absolute atomic E-state index is 0.269. The lowest BCUT2D eigenvalue weighted by atomic mass is 10.1. The van der Waals surface area contributed by atoms with Crippen molar-refractivity contribution in [2.45, 2.75) is 39.3 Å². The Kier molecular flexibility index (Phi) is 5.71. The van der Waals surface area contributed by atoms with Crippen molar-refractivity contribution in [2.75, 3.05) is 0 Å². The summed E-state index contributed by atoms with van der Waals surface area (Å²) in [6.07, 6.45) is 0.649. The summed E-state index contributed by atoms with van der Waals surface area (Å²) in [7, 11) is 0. The van der Waals surface area contributed by atoms with Gasteiger partial charge in [0.15, 0.2) is 11.6 Å². The van der Waals surface area contributed by atoms with E-state index >= 15 is 0 Å². The van der Waals surface area contributed by atoms with Crippen LogP contribution in [0.2, 0.25) is 0 Å². The van der Waals surface area contributed by atoms with Crippen LogP contribution in [0.3, 0.4) is 0 Å². The molecule has 1 amide bonds. The molecule has 0 fully saturated rings. The third-order valence-corrected chi connectivity index (χ3v) is 4.89. The lowest BCUT2D eigenvalue weighted by Crippen LogP contribution is -2.39. The lowest BCUT2D eigenvalue weighted by Gasteiger charge is -2.12. The highest BCUT2D eigenvalue weighted by atomic mass is 19.2. The minimum Gasteiger partial charge on any atom is -0.323 e. The first-order chi connectivity index (χ1) is 13.3. The molecule has 3 aromatic rings. The van der Waals surface area contributed by atoms with E-state index in [0.29, 0.717) is 24.4 Å². The van der Waals surface area contributed by atoms with Gasteiger partial charge in [0.25, 0.3) is 5.91 Å². The van der Waals surface area contributed by atoms with E-state index in [2.05, 4.69) is 4.98 Å². The molecule has 0 saturated heterocycles. The highest BCUT2D eigenvalue weighted by Gasteiger charge is 2.17. The van der Waals surface area contributed by atoms with Gasteiger partial charge in [0, 0.05) is 13.0 Å². The third kappa shape index (κ3) is 4.02. The molecule has 0 aliphatic rings. The van der Waals surface area contributed by atoms with Crippen molar-refractivity contribution in [1.82, 2.24) is 15.0 Å². The van der Waals surface area contributed by atoms with Crippen molar-refractivity contribution in [2.24, 2.45) is 5.73 Å². The Morgan fingerprint density at radius 1 is 1.21 bits per heavy atom. The van der Waals surface area contributed by atoms with Crippen molar-refractivity contribution >= 4 is 16.9 Å². The van der Waals surface area contributed by atoms with E-state index in [1.165, 1.54) is 6.07 Å². The number of hydrogen-bond acceptors (Lipinski definition) is 4. The molecule has 2 aromatic carbocycles. The number of rotatable bonds is 6. The van der Waals surface area contributed by atoms with E-state index in [1.54, 1.807) is 5.48 Å². The first-order valence-corrected chi connectivity index (χ1v) is 8.90. The number of aryl methyl sites for hydroxylation is 3. The van der Waals surface area contributed by atoms with Gasteiger partial charge in [0.2, 0.25) is 0 Å². The molecule has 28 heavy (non-hydrogen) atoms. The Bertz CT molecular complexity index is 1030. The Morgan fingerprint density at radius 2 is 1.93 bits per heavy atom. The molecule has 0 unspecified atom stereocenters. The normalized spacial score (nSPS) is 12.4. The molecule has 1 atom stereocenters. The maximum atomic E-state index is 13.6. The van der Waals surface area contributed by atoms with Crippen LogP contribution >= 0.6 is 0 Å². The zero-order chi connectivity index (χ0) is 20.4. The number of halogens is 2. The second-order valence-electron chi connectivity index (χ2n) is 6.91. The van der Waals surface area contributed by atoms with Crippen LogP contribution in [0, 0.1) is 25.5 Å². The second-order valence-corrected chi connectivity index (χ2v) is 6.91. The largest absolute Gasteiger partial charge is 0.323 e. The first kappa shape index (κ1) is 19.9. The van der Waals surface area contributed by atoms with Crippen molar-refractivity contribution < 1.29 is 18.8 Å². The van der Waals surface area contributed by atoms with Crippen LogP contribution in [0.1, 0.15) is 28.9 Å². The highest BCUT2D eigenvalue weighted by Crippen LogP contribution is 2.23. The molecule has 3 rings (SSSR count). The Labute approximate surface area is 160 Å². The quantitative estimate of drug-likeness (QED) is 0.447. The summed E-state index contributed by atoms with van der Waals surface area (Å²) < 4.78 is 28.8. The van der Waals surface area contributed by atoms with Crippen LogP contribution in [-0.2, 0) is 17.8 Å². The lowest BCUT2D eigenvalue weighted by molar-refractivity contribution is -0.130. The van der Waals surface area contributed by atoms with Gasteiger partial charge in [0.1, 0.15) is 5.82 Å². The maximum absolute atomic E-state index is 13.6. The van der Waals surface area contributed by atoms with Crippen molar-refractivity contribution in [3.63, 3.8) is 0 Å². The van der Waals surface area contributed by atoms with Crippen LogP contribution in [0.5, 0.6) is 0 Å². The van der Waals surface area contributed by atoms with Crippen LogP contribution in [-0.4, -0.2) is 26.7 Å². The van der Waals surface area contributed by atoms with Gasteiger partial charge in [-0.05, 0) is 61.2 Å². The second kappa shape index (κ2) is 8.04. The SMILES string of the molecule is Cc1cc2nc(CC[C@H](N)C(=O)NO)n(Cc3ccc(F)c(F)c3)c2cc1C. The summed E-state index contributed by atoms with van der Waals surface area (Å²) in [5.41, 5.74) is 11.7. The number of nitrogens with two attached hydrogens (primary N) is 1. The number of hydrogen-bond donors (Lipinski definition) is 3. The zero-order valence-electron chi connectivity index (χ0n) is 15.7. The topological polar surface area (TPSA) is 93.2 Å². The summed E-state index contributed by atoms with van der Waals surface area (Å²) >= 11 is 0. The van der Waals surface area contributed by atoms with Crippen molar-refractivity contribution in [1.29, 1.82) is 0 Å². The molecule has 0 saturated carbocycles. The predicted molar refractivity (Wildman–Crippen MR) is 101 cm³/mol. The number of imidazole rings is 1. The fourth-order valence-corrected chi connectivity index (χ4v) is 3.12. The average Bonchev–Trinajstić information content (AvgIpc) is 2.98. The number of fused-ring (bicyclic) bond motifs is 1. The van der Waals surface area contributed by atoms with Gasteiger partial charge in [-0.15, -0.1) is 0 Å². The molecule has 8 heteroatoms. The first-order valence-electron chi connectivity index (χ1n) is 8.90. The molecule has 1 heterocycles. The molecule has 6 nitrogen and oxygen atoms in total. The highest BCUT2D eigenvalue weighted by molar-refractivity contribution is 5.80. The number of aromatic nitrogens is 2. The fraction of sp³-hybridized carbons (Fsp3) is 0.300.